The van der Waals surface area contributed by atoms with Gasteiger partial charge in [0, 0.05) is 5.02 Å². The number of nitrogens with one attached hydrogen (secondary N) is 1. The third kappa shape index (κ3) is 7.13. The number of rotatable bonds is 9. The van der Waals surface area contributed by atoms with Gasteiger partial charge in [-0.05, 0) is 77.6 Å². The maximum absolute atomic E-state index is 12.1. The van der Waals surface area contributed by atoms with Crippen molar-refractivity contribution in [3.63, 3.8) is 0 Å². The molecule has 0 spiro atoms. The molecule has 0 aliphatic rings. The molecule has 3 aromatic carbocycles. The first-order valence-corrected chi connectivity index (χ1v) is 10.8. The van der Waals surface area contributed by atoms with Crippen molar-refractivity contribution in [2.45, 2.75) is 33.3 Å². The van der Waals surface area contributed by atoms with Crippen LogP contribution in [-0.2, 0) is 11.4 Å². The van der Waals surface area contributed by atoms with Gasteiger partial charge in [-0.25, -0.2) is 5.43 Å². The number of amides is 1. The molecule has 5 nitrogen and oxygen atoms in total. The highest BCUT2D eigenvalue weighted by Crippen LogP contribution is 2.27. The molecule has 0 aromatic heterocycles. The Morgan fingerprint density at radius 2 is 1.75 bits per heavy atom. The molecule has 3 rings (SSSR count). The number of aryl methyl sites for hydroxylation is 1. The fraction of sp³-hybridized carbons (Fsp3) is 0.231. The van der Waals surface area contributed by atoms with Crippen LogP contribution in [0.2, 0.25) is 5.02 Å². The summed E-state index contributed by atoms with van der Waals surface area (Å²) in [6, 6.07) is 21.0. The fourth-order valence-corrected chi connectivity index (χ4v) is 3.12. The van der Waals surface area contributed by atoms with Crippen molar-refractivity contribution in [2.24, 2.45) is 5.10 Å². The Hall–Kier alpha value is -3.31. The summed E-state index contributed by atoms with van der Waals surface area (Å²) in [7, 11) is 0. The SMILES string of the molecule is Cc1ccc(C(C)C)c(OCC(=O)NN=Cc2ccc(OCc3ccc(Cl)cc3)cc2)c1. The zero-order valence-electron chi connectivity index (χ0n) is 18.5. The van der Waals surface area contributed by atoms with Crippen LogP contribution in [0.3, 0.4) is 0 Å². The predicted octanol–water partition coefficient (Wildman–Crippen LogP) is 5.88. The largest absolute Gasteiger partial charge is 0.489 e. The first-order valence-electron chi connectivity index (χ1n) is 10.4. The lowest BCUT2D eigenvalue weighted by Gasteiger charge is -2.14. The molecule has 0 aliphatic carbocycles. The van der Waals surface area contributed by atoms with E-state index >= 15 is 0 Å². The second-order valence-corrected chi connectivity index (χ2v) is 8.20. The highest BCUT2D eigenvalue weighted by molar-refractivity contribution is 6.30. The number of hydrogen-bond acceptors (Lipinski definition) is 4. The third-order valence-corrected chi connectivity index (χ3v) is 5.00. The Labute approximate surface area is 194 Å². The predicted molar refractivity (Wildman–Crippen MR) is 129 cm³/mol. The average Bonchev–Trinajstić information content (AvgIpc) is 2.78. The Morgan fingerprint density at radius 1 is 1.03 bits per heavy atom. The number of benzene rings is 3. The minimum absolute atomic E-state index is 0.0992. The van der Waals surface area contributed by atoms with Gasteiger partial charge in [-0.15, -0.1) is 0 Å². The molecule has 6 heteroatoms. The van der Waals surface area contributed by atoms with Crippen LogP contribution in [0.15, 0.2) is 71.8 Å². The molecule has 0 heterocycles. The lowest BCUT2D eigenvalue weighted by atomic mass is 10.0. The van der Waals surface area contributed by atoms with Crippen LogP contribution in [0.4, 0.5) is 0 Å². The van der Waals surface area contributed by atoms with Crippen LogP contribution in [0.1, 0.15) is 42.0 Å². The van der Waals surface area contributed by atoms with Gasteiger partial charge in [0.2, 0.25) is 0 Å². The summed E-state index contributed by atoms with van der Waals surface area (Å²) in [6.45, 7) is 6.54. The van der Waals surface area contributed by atoms with Gasteiger partial charge in [-0.1, -0.05) is 49.7 Å². The summed E-state index contributed by atoms with van der Waals surface area (Å²) in [5.41, 5.74) is 6.53. The van der Waals surface area contributed by atoms with Crippen LogP contribution in [0, 0.1) is 6.92 Å². The van der Waals surface area contributed by atoms with E-state index in [0.717, 1.165) is 33.8 Å². The van der Waals surface area contributed by atoms with E-state index in [1.165, 1.54) is 0 Å². The fourth-order valence-electron chi connectivity index (χ4n) is 3.00. The second kappa shape index (κ2) is 11.3. The molecular formula is C26H27ClN2O3. The number of carbonyl (C=O) groups is 1. The number of halogens is 1. The van der Waals surface area contributed by atoms with Crippen LogP contribution >= 0.6 is 11.6 Å². The lowest BCUT2D eigenvalue weighted by molar-refractivity contribution is -0.123. The summed E-state index contributed by atoms with van der Waals surface area (Å²) in [4.78, 5) is 12.1. The summed E-state index contributed by atoms with van der Waals surface area (Å²) in [5.74, 6) is 1.46. The summed E-state index contributed by atoms with van der Waals surface area (Å²) < 4.78 is 11.5. The standard InChI is InChI=1S/C26H27ClN2O3/c1-18(2)24-13-4-19(3)14-25(24)32-17-26(30)29-28-15-20-7-11-23(12-8-20)31-16-21-5-9-22(27)10-6-21/h4-15,18H,16-17H2,1-3H3,(H,29,30). The molecule has 0 saturated carbocycles. The van der Waals surface area contributed by atoms with Gasteiger partial charge in [-0.2, -0.15) is 5.10 Å². The molecule has 32 heavy (non-hydrogen) atoms. The topological polar surface area (TPSA) is 59.9 Å². The van der Waals surface area contributed by atoms with Crippen LogP contribution in [0.25, 0.3) is 0 Å². The molecule has 0 saturated heterocycles. The lowest BCUT2D eigenvalue weighted by Crippen LogP contribution is -2.25. The molecule has 0 unspecified atom stereocenters. The molecule has 1 amide bonds. The van der Waals surface area contributed by atoms with Gasteiger partial charge >= 0.3 is 0 Å². The van der Waals surface area contributed by atoms with Crippen molar-refractivity contribution in [1.29, 1.82) is 0 Å². The van der Waals surface area contributed by atoms with Gasteiger partial charge in [-0.3, -0.25) is 4.79 Å². The van der Waals surface area contributed by atoms with Crippen molar-refractivity contribution in [3.8, 4) is 11.5 Å². The van der Waals surface area contributed by atoms with Gasteiger partial charge in [0.15, 0.2) is 6.61 Å². The second-order valence-electron chi connectivity index (χ2n) is 7.76. The Morgan fingerprint density at radius 3 is 2.44 bits per heavy atom. The Kier molecular flexibility index (Phi) is 8.28. The summed E-state index contributed by atoms with van der Waals surface area (Å²) >= 11 is 5.89. The van der Waals surface area contributed by atoms with Crippen LogP contribution in [-0.4, -0.2) is 18.7 Å². The number of carbonyl (C=O) groups excluding carboxylic acids is 1. The number of hydrazone groups is 1. The summed E-state index contributed by atoms with van der Waals surface area (Å²) in [5, 5.41) is 4.70. The van der Waals surface area contributed by atoms with Gasteiger partial charge in [0.1, 0.15) is 18.1 Å². The highest BCUT2D eigenvalue weighted by atomic mass is 35.5. The zero-order chi connectivity index (χ0) is 22.9. The first-order chi connectivity index (χ1) is 15.4. The van der Waals surface area contributed by atoms with Gasteiger partial charge < -0.3 is 9.47 Å². The molecular weight excluding hydrogens is 424 g/mol. The minimum Gasteiger partial charge on any atom is -0.489 e. The first kappa shape index (κ1) is 23.4. The van der Waals surface area contributed by atoms with Crippen molar-refractivity contribution >= 4 is 23.7 Å². The third-order valence-electron chi connectivity index (χ3n) is 4.75. The Balaban J connectivity index is 1.46. The summed E-state index contributed by atoms with van der Waals surface area (Å²) in [6.07, 6.45) is 1.58. The van der Waals surface area contributed by atoms with E-state index in [2.05, 4.69) is 24.4 Å². The highest BCUT2D eigenvalue weighted by Gasteiger charge is 2.10. The van der Waals surface area contributed by atoms with Crippen molar-refractivity contribution in [1.82, 2.24) is 5.43 Å². The number of ether oxygens (including phenoxy) is 2. The molecule has 0 radical (unpaired) electrons. The quantitative estimate of drug-likeness (QED) is 0.327. The van der Waals surface area contributed by atoms with Crippen molar-refractivity contribution in [2.75, 3.05) is 6.61 Å². The van der Waals surface area contributed by atoms with E-state index in [4.69, 9.17) is 21.1 Å². The minimum atomic E-state index is -0.319. The van der Waals surface area contributed by atoms with Crippen LogP contribution < -0.4 is 14.9 Å². The van der Waals surface area contributed by atoms with E-state index in [1.807, 2.05) is 73.7 Å². The van der Waals surface area contributed by atoms with Crippen molar-refractivity contribution < 1.29 is 14.3 Å². The van der Waals surface area contributed by atoms with Gasteiger partial charge in [0.25, 0.3) is 5.91 Å². The van der Waals surface area contributed by atoms with E-state index in [1.54, 1.807) is 6.21 Å². The van der Waals surface area contributed by atoms with Crippen LogP contribution in [0.5, 0.6) is 11.5 Å². The normalized spacial score (nSPS) is 11.0. The Bertz CT molecular complexity index is 1060. The molecule has 0 fully saturated rings. The monoisotopic (exact) mass is 450 g/mol. The molecule has 0 bridgehead atoms. The molecule has 0 aliphatic heterocycles. The van der Waals surface area contributed by atoms with E-state index in [9.17, 15) is 4.79 Å². The molecule has 166 valence electrons. The molecule has 3 aromatic rings. The zero-order valence-corrected chi connectivity index (χ0v) is 19.2. The van der Waals surface area contributed by atoms with E-state index < -0.39 is 0 Å². The van der Waals surface area contributed by atoms with E-state index in [-0.39, 0.29) is 12.5 Å². The maximum Gasteiger partial charge on any atom is 0.277 e. The van der Waals surface area contributed by atoms with E-state index in [0.29, 0.717) is 17.5 Å². The van der Waals surface area contributed by atoms with Gasteiger partial charge in [0.05, 0.1) is 6.21 Å². The molecule has 1 N–H and O–H groups in total. The molecule has 0 atom stereocenters. The smallest absolute Gasteiger partial charge is 0.277 e. The number of nitrogens with zero attached hydrogens (tertiary/aromatic N) is 1. The average molecular weight is 451 g/mol. The maximum atomic E-state index is 12.1. The van der Waals surface area contributed by atoms with Crippen molar-refractivity contribution in [3.05, 3.63) is 94.0 Å². The number of hydrogen-bond donors (Lipinski definition) is 1.